The van der Waals surface area contributed by atoms with Crippen LogP contribution < -0.4 is 0 Å². The molecule has 0 N–H and O–H groups in total. The number of fused-ring (bicyclic) bond motifs is 1. The Kier molecular flexibility index (Phi) is 4.76. The third kappa shape index (κ3) is 3.65. The molecule has 0 saturated carbocycles. The topological polar surface area (TPSA) is 36.7 Å². The Morgan fingerprint density at radius 1 is 1.04 bits per heavy atom. The second-order valence-corrected chi connectivity index (χ2v) is 7.08. The molecular formula is C22H24N2O2. The van der Waals surface area contributed by atoms with Crippen LogP contribution in [-0.4, -0.2) is 41.9 Å². The van der Waals surface area contributed by atoms with Crippen molar-refractivity contribution in [2.24, 2.45) is 0 Å². The van der Waals surface area contributed by atoms with Gasteiger partial charge in [0.1, 0.15) is 5.58 Å². The van der Waals surface area contributed by atoms with Crippen LogP contribution in [0.3, 0.4) is 0 Å². The largest absolute Gasteiger partial charge is 0.464 e. The molecule has 26 heavy (non-hydrogen) atoms. The maximum absolute atomic E-state index is 12.7. The summed E-state index contributed by atoms with van der Waals surface area (Å²) in [5.41, 5.74) is 4.35. The zero-order valence-corrected chi connectivity index (χ0v) is 15.1. The number of rotatable bonds is 4. The predicted octanol–water partition coefficient (Wildman–Crippen LogP) is 3.63. The number of carbonyl (C=O) groups is 1. The average molecular weight is 348 g/mol. The predicted molar refractivity (Wildman–Crippen MR) is 103 cm³/mol. The summed E-state index contributed by atoms with van der Waals surface area (Å²) >= 11 is 0. The first-order chi connectivity index (χ1) is 12.7. The van der Waals surface area contributed by atoms with Crippen LogP contribution >= 0.6 is 0 Å². The van der Waals surface area contributed by atoms with E-state index >= 15 is 0 Å². The molecule has 1 amide bonds. The van der Waals surface area contributed by atoms with Crippen LogP contribution in [0.1, 0.15) is 16.7 Å². The molecule has 1 aliphatic heterocycles. The highest BCUT2D eigenvalue weighted by Gasteiger charge is 2.22. The van der Waals surface area contributed by atoms with E-state index in [1.807, 2.05) is 23.1 Å². The van der Waals surface area contributed by atoms with Crippen molar-refractivity contribution in [3.63, 3.8) is 0 Å². The van der Waals surface area contributed by atoms with Gasteiger partial charge in [-0.25, -0.2) is 0 Å². The van der Waals surface area contributed by atoms with Gasteiger partial charge in [0.25, 0.3) is 0 Å². The van der Waals surface area contributed by atoms with Gasteiger partial charge in [-0.1, -0.05) is 42.0 Å². The van der Waals surface area contributed by atoms with Gasteiger partial charge in [-0.3, -0.25) is 9.69 Å². The van der Waals surface area contributed by atoms with Crippen molar-refractivity contribution < 1.29 is 9.21 Å². The zero-order valence-electron chi connectivity index (χ0n) is 15.1. The number of nitrogens with zero attached hydrogens (tertiary/aromatic N) is 2. The number of carbonyl (C=O) groups excluding carboxylic acids is 1. The maximum Gasteiger partial charge on any atom is 0.227 e. The fourth-order valence-corrected chi connectivity index (χ4v) is 3.60. The van der Waals surface area contributed by atoms with E-state index in [-0.39, 0.29) is 5.91 Å². The van der Waals surface area contributed by atoms with Crippen LogP contribution in [0.25, 0.3) is 11.0 Å². The van der Waals surface area contributed by atoms with Crippen molar-refractivity contribution in [3.05, 3.63) is 71.5 Å². The number of aryl methyl sites for hydroxylation is 1. The fourth-order valence-electron chi connectivity index (χ4n) is 3.60. The van der Waals surface area contributed by atoms with E-state index in [2.05, 4.69) is 42.2 Å². The van der Waals surface area contributed by atoms with Crippen LogP contribution in [0.15, 0.2) is 59.2 Å². The lowest BCUT2D eigenvalue weighted by Crippen LogP contribution is -2.48. The van der Waals surface area contributed by atoms with Gasteiger partial charge in [-0.2, -0.15) is 0 Å². The van der Waals surface area contributed by atoms with Crippen LogP contribution in [0.4, 0.5) is 0 Å². The summed E-state index contributed by atoms with van der Waals surface area (Å²) in [7, 11) is 0. The monoisotopic (exact) mass is 348 g/mol. The van der Waals surface area contributed by atoms with E-state index in [0.717, 1.165) is 49.3 Å². The van der Waals surface area contributed by atoms with Crippen molar-refractivity contribution >= 4 is 16.9 Å². The standard InChI is InChI=1S/C22H24N2O2/c1-17-7-8-21-20(13-17)19(16-26-21)14-22(25)24-11-9-23(10-12-24)15-18-5-3-2-4-6-18/h2-8,13,16H,9-12,14-15H2,1H3. The van der Waals surface area contributed by atoms with E-state index in [4.69, 9.17) is 4.42 Å². The van der Waals surface area contributed by atoms with E-state index in [0.29, 0.717) is 6.42 Å². The summed E-state index contributed by atoms with van der Waals surface area (Å²) in [4.78, 5) is 17.1. The summed E-state index contributed by atoms with van der Waals surface area (Å²) in [6.07, 6.45) is 2.14. The first kappa shape index (κ1) is 16.9. The number of benzene rings is 2. The molecule has 0 aliphatic carbocycles. The Morgan fingerprint density at radius 2 is 1.81 bits per heavy atom. The van der Waals surface area contributed by atoms with Gasteiger partial charge in [0.05, 0.1) is 12.7 Å². The minimum absolute atomic E-state index is 0.188. The summed E-state index contributed by atoms with van der Waals surface area (Å²) in [6, 6.07) is 16.6. The Balaban J connectivity index is 1.35. The summed E-state index contributed by atoms with van der Waals surface area (Å²) in [6.45, 7) is 6.44. The van der Waals surface area contributed by atoms with Gasteiger partial charge in [-0.05, 0) is 24.6 Å². The lowest BCUT2D eigenvalue weighted by molar-refractivity contribution is -0.132. The SMILES string of the molecule is Cc1ccc2occ(CC(=O)N3CCN(Cc4ccccc4)CC3)c2c1. The molecule has 1 saturated heterocycles. The molecular weight excluding hydrogens is 324 g/mol. The van der Waals surface area contributed by atoms with Gasteiger partial charge < -0.3 is 9.32 Å². The number of hydrogen-bond acceptors (Lipinski definition) is 3. The van der Waals surface area contributed by atoms with E-state index in [1.54, 1.807) is 6.26 Å². The van der Waals surface area contributed by atoms with Crippen molar-refractivity contribution in [3.8, 4) is 0 Å². The van der Waals surface area contributed by atoms with Crippen molar-refractivity contribution in [1.29, 1.82) is 0 Å². The molecule has 0 spiro atoms. The number of piperazine rings is 1. The fraction of sp³-hybridized carbons (Fsp3) is 0.318. The first-order valence-electron chi connectivity index (χ1n) is 9.20. The molecule has 3 aromatic rings. The Bertz CT molecular complexity index is 893. The van der Waals surface area contributed by atoms with Crippen LogP contribution in [0.2, 0.25) is 0 Å². The normalized spacial score (nSPS) is 15.5. The van der Waals surface area contributed by atoms with Crippen molar-refractivity contribution in [2.75, 3.05) is 26.2 Å². The second-order valence-electron chi connectivity index (χ2n) is 7.08. The quantitative estimate of drug-likeness (QED) is 0.722. The molecule has 1 fully saturated rings. The van der Waals surface area contributed by atoms with E-state index in [1.165, 1.54) is 11.1 Å². The average Bonchev–Trinajstić information content (AvgIpc) is 3.05. The summed E-state index contributed by atoms with van der Waals surface area (Å²) in [5, 5.41) is 1.06. The van der Waals surface area contributed by atoms with Crippen LogP contribution in [-0.2, 0) is 17.8 Å². The number of hydrogen-bond donors (Lipinski definition) is 0. The Hall–Kier alpha value is -2.59. The molecule has 1 aromatic heterocycles. The molecule has 0 bridgehead atoms. The van der Waals surface area contributed by atoms with Crippen molar-refractivity contribution in [1.82, 2.24) is 9.80 Å². The van der Waals surface area contributed by atoms with E-state index in [9.17, 15) is 4.79 Å². The summed E-state index contributed by atoms with van der Waals surface area (Å²) < 4.78 is 5.60. The molecule has 4 rings (SSSR count). The van der Waals surface area contributed by atoms with Crippen LogP contribution in [0, 0.1) is 6.92 Å². The molecule has 2 aromatic carbocycles. The molecule has 2 heterocycles. The molecule has 4 heteroatoms. The minimum atomic E-state index is 0.188. The van der Waals surface area contributed by atoms with Gasteiger partial charge in [0.15, 0.2) is 0 Å². The lowest BCUT2D eigenvalue weighted by Gasteiger charge is -2.34. The highest BCUT2D eigenvalue weighted by molar-refractivity contribution is 5.88. The first-order valence-corrected chi connectivity index (χ1v) is 9.20. The Labute approximate surface area is 154 Å². The van der Waals surface area contributed by atoms with Gasteiger partial charge in [0, 0.05) is 43.7 Å². The molecule has 1 aliphatic rings. The molecule has 134 valence electrons. The maximum atomic E-state index is 12.7. The third-order valence-electron chi connectivity index (χ3n) is 5.12. The van der Waals surface area contributed by atoms with Crippen LogP contribution in [0.5, 0.6) is 0 Å². The summed E-state index contributed by atoms with van der Waals surface area (Å²) in [5.74, 6) is 0.188. The van der Waals surface area contributed by atoms with Crippen molar-refractivity contribution in [2.45, 2.75) is 19.9 Å². The lowest BCUT2D eigenvalue weighted by atomic mass is 10.1. The smallest absolute Gasteiger partial charge is 0.227 e. The second kappa shape index (κ2) is 7.34. The number of furan rings is 1. The zero-order chi connectivity index (χ0) is 17.9. The Morgan fingerprint density at radius 3 is 2.58 bits per heavy atom. The molecule has 0 radical (unpaired) electrons. The van der Waals surface area contributed by atoms with Gasteiger partial charge in [-0.15, -0.1) is 0 Å². The van der Waals surface area contributed by atoms with Gasteiger partial charge >= 0.3 is 0 Å². The molecule has 4 nitrogen and oxygen atoms in total. The third-order valence-corrected chi connectivity index (χ3v) is 5.12. The number of amides is 1. The molecule has 0 unspecified atom stereocenters. The minimum Gasteiger partial charge on any atom is -0.464 e. The highest BCUT2D eigenvalue weighted by atomic mass is 16.3. The van der Waals surface area contributed by atoms with Gasteiger partial charge in [0.2, 0.25) is 5.91 Å². The highest BCUT2D eigenvalue weighted by Crippen LogP contribution is 2.23. The molecule has 0 atom stereocenters. The van der Waals surface area contributed by atoms with E-state index < -0.39 is 0 Å².